The number of alkyl halides is 3. The molecule has 2 heterocycles. The van der Waals surface area contributed by atoms with Crippen LogP contribution in [-0.4, -0.2) is 72.6 Å². The number of nitrogens with two attached hydrogens (primary N) is 2. The minimum absolute atomic E-state index is 0.0974. The van der Waals surface area contributed by atoms with Crippen molar-refractivity contribution in [3.8, 4) is 17.0 Å². The third kappa shape index (κ3) is 12.6. The maximum atomic E-state index is 14.2. The SMILES string of the molecule is CC(CN)CO.CC1CC1.CCOc1c(C)cc(C(CNC(=O)c2cc(C)c(N)c(C=NCCCF)c2)C2CC(F)(F)C2)nc1-c1ccnc(C2CC2)c1Cl. The van der Waals surface area contributed by atoms with E-state index in [1.807, 2.05) is 26.8 Å². The second-order valence-corrected chi connectivity index (χ2v) is 15.6. The van der Waals surface area contributed by atoms with Crippen molar-refractivity contribution in [3.63, 3.8) is 0 Å². The predicted molar refractivity (Wildman–Crippen MR) is 215 cm³/mol. The van der Waals surface area contributed by atoms with Gasteiger partial charge in [0, 0.05) is 84.9 Å². The Kier molecular flexibility index (Phi) is 16.3. The smallest absolute Gasteiger partial charge is 0.251 e. The molecule has 9 nitrogen and oxygen atoms in total. The van der Waals surface area contributed by atoms with Gasteiger partial charge in [0.05, 0.1) is 24.0 Å². The van der Waals surface area contributed by atoms with E-state index in [4.69, 9.17) is 37.9 Å². The first-order valence-corrected chi connectivity index (χ1v) is 19.8. The summed E-state index contributed by atoms with van der Waals surface area (Å²) in [5.41, 5.74) is 16.8. The van der Waals surface area contributed by atoms with Crippen LogP contribution in [0, 0.1) is 31.6 Å². The van der Waals surface area contributed by atoms with Crippen molar-refractivity contribution in [2.24, 2.45) is 28.5 Å². The first kappa shape index (κ1) is 44.0. The van der Waals surface area contributed by atoms with Gasteiger partial charge >= 0.3 is 0 Å². The second kappa shape index (κ2) is 20.4. The molecule has 3 aliphatic carbocycles. The Morgan fingerprint density at radius 2 is 1.87 bits per heavy atom. The van der Waals surface area contributed by atoms with Gasteiger partial charge in [-0.2, -0.15) is 0 Å². The molecule has 3 fully saturated rings. The van der Waals surface area contributed by atoms with Crippen molar-refractivity contribution < 1.29 is 27.8 Å². The molecule has 3 aromatic rings. The number of nitrogens with one attached hydrogen (secondary N) is 1. The molecule has 1 aromatic carbocycles. The average molecular weight is 787 g/mol. The minimum atomic E-state index is -2.76. The van der Waals surface area contributed by atoms with E-state index in [1.54, 1.807) is 37.5 Å². The number of halogens is 4. The molecule has 302 valence electrons. The summed E-state index contributed by atoms with van der Waals surface area (Å²) >= 11 is 6.88. The third-order valence-electron chi connectivity index (χ3n) is 10.1. The molecule has 0 radical (unpaired) electrons. The van der Waals surface area contributed by atoms with Gasteiger partial charge in [-0.15, -0.1) is 0 Å². The van der Waals surface area contributed by atoms with Crippen LogP contribution in [0.1, 0.15) is 116 Å². The molecule has 6 N–H and O–H groups in total. The monoisotopic (exact) mass is 786 g/mol. The Morgan fingerprint density at radius 3 is 2.42 bits per heavy atom. The van der Waals surface area contributed by atoms with Crippen molar-refractivity contribution in [3.05, 3.63) is 69.1 Å². The Hall–Kier alpha value is -3.74. The van der Waals surface area contributed by atoms with E-state index < -0.39 is 18.5 Å². The van der Waals surface area contributed by atoms with E-state index in [9.17, 15) is 18.0 Å². The molecule has 3 saturated carbocycles. The number of nitrogens with zero attached hydrogens (tertiary/aromatic N) is 3. The van der Waals surface area contributed by atoms with E-state index in [0.717, 1.165) is 30.0 Å². The van der Waals surface area contributed by atoms with Crippen LogP contribution >= 0.6 is 11.6 Å². The number of ether oxygens (including phenoxy) is 1. The molecule has 2 aromatic heterocycles. The van der Waals surface area contributed by atoms with Crippen LogP contribution in [-0.2, 0) is 0 Å². The topological polar surface area (TPSA) is 149 Å². The lowest BCUT2D eigenvalue weighted by atomic mass is 9.71. The number of rotatable bonds is 15. The Bertz CT molecular complexity index is 1760. The average Bonchev–Trinajstić information content (AvgIpc) is 4.10. The summed E-state index contributed by atoms with van der Waals surface area (Å²) in [5.74, 6) is -1.76. The van der Waals surface area contributed by atoms with Crippen molar-refractivity contribution in [2.45, 2.75) is 97.3 Å². The van der Waals surface area contributed by atoms with Crippen LogP contribution < -0.4 is 21.5 Å². The highest BCUT2D eigenvalue weighted by Crippen LogP contribution is 2.50. The van der Waals surface area contributed by atoms with Crippen LogP contribution in [0.15, 0.2) is 35.5 Å². The number of pyridine rings is 2. The normalized spacial score (nSPS) is 17.3. The summed E-state index contributed by atoms with van der Waals surface area (Å²) in [5, 5.41) is 11.7. The minimum Gasteiger partial charge on any atom is -0.491 e. The number of aliphatic hydroxyl groups is 1. The lowest BCUT2D eigenvalue weighted by Gasteiger charge is -2.40. The molecule has 2 unspecified atom stereocenters. The molecule has 0 spiro atoms. The van der Waals surface area contributed by atoms with Crippen LogP contribution in [0.5, 0.6) is 5.75 Å². The molecule has 3 aliphatic rings. The number of aromatic nitrogens is 2. The Balaban J connectivity index is 0.000000589. The fraction of sp³-hybridized carbons (Fsp3) is 0.571. The summed E-state index contributed by atoms with van der Waals surface area (Å²) in [4.78, 5) is 27.1. The van der Waals surface area contributed by atoms with Crippen molar-refractivity contribution in [2.75, 3.05) is 45.3 Å². The molecule has 55 heavy (non-hydrogen) atoms. The number of anilines is 1. The number of hydrogen-bond donors (Lipinski definition) is 4. The van der Waals surface area contributed by atoms with Gasteiger partial charge in [0.25, 0.3) is 5.91 Å². The summed E-state index contributed by atoms with van der Waals surface area (Å²) in [6, 6.07) is 6.97. The molecule has 6 rings (SSSR count). The summed E-state index contributed by atoms with van der Waals surface area (Å²) < 4.78 is 46.8. The lowest BCUT2D eigenvalue weighted by Crippen LogP contribution is -2.42. The Morgan fingerprint density at radius 1 is 1.18 bits per heavy atom. The molecule has 2 atom stereocenters. The molecular formula is C42H58ClF3N6O3. The van der Waals surface area contributed by atoms with Crippen molar-refractivity contribution >= 4 is 29.4 Å². The summed E-state index contributed by atoms with van der Waals surface area (Å²) in [6.07, 6.45) is 8.00. The number of amides is 1. The van der Waals surface area contributed by atoms with Crippen molar-refractivity contribution in [1.29, 1.82) is 0 Å². The number of aliphatic hydroxyl groups excluding tert-OH is 1. The quantitative estimate of drug-likeness (QED) is 0.0685. The van der Waals surface area contributed by atoms with E-state index in [2.05, 4.69) is 22.2 Å². The van der Waals surface area contributed by atoms with Crippen LogP contribution in [0.2, 0.25) is 5.02 Å². The number of benzene rings is 1. The van der Waals surface area contributed by atoms with E-state index in [-0.39, 0.29) is 43.7 Å². The molecular weight excluding hydrogens is 729 g/mol. The number of nitrogen functional groups attached to an aromatic ring is 1. The first-order valence-electron chi connectivity index (χ1n) is 19.4. The van der Waals surface area contributed by atoms with Crippen LogP contribution in [0.25, 0.3) is 11.3 Å². The second-order valence-electron chi connectivity index (χ2n) is 15.2. The zero-order valence-electron chi connectivity index (χ0n) is 32.8. The molecule has 0 bridgehead atoms. The summed E-state index contributed by atoms with van der Waals surface area (Å²) in [6.45, 7) is 10.9. The number of aryl methyl sites for hydroxylation is 2. The van der Waals surface area contributed by atoms with Crippen LogP contribution in [0.3, 0.4) is 0 Å². The number of aliphatic imine (C=N–C) groups is 1. The van der Waals surface area contributed by atoms with Crippen LogP contribution in [0.4, 0.5) is 18.9 Å². The van der Waals surface area contributed by atoms with Crippen molar-refractivity contribution in [1.82, 2.24) is 15.3 Å². The number of hydrogen-bond acceptors (Lipinski definition) is 8. The zero-order chi connectivity index (χ0) is 40.3. The highest BCUT2D eigenvalue weighted by Gasteiger charge is 2.49. The van der Waals surface area contributed by atoms with E-state index in [0.29, 0.717) is 82.1 Å². The van der Waals surface area contributed by atoms with Gasteiger partial charge in [-0.05, 0) is 99.7 Å². The van der Waals surface area contributed by atoms with Gasteiger partial charge in [0.15, 0.2) is 0 Å². The number of carbonyl (C=O) groups excluding carboxylic acids is 1. The third-order valence-corrected chi connectivity index (χ3v) is 10.5. The molecule has 0 saturated heterocycles. The standard InChI is InChI=1S/C34H39ClF3N5O2.C4H11NO.C4H8/c1-4-45-32-20(3)13-27(43-31(32)25-8-11-41-30(28(25)35)21-6-7-21)26(24-15-34(37,38)16-24)18-42-33(44)22-12-19(2)29(39)23(14-22)17-40-10-5-9-36;1-4(2-5)3-6;1-4-2-3-4/h8,11-14,17,21,24,26H,4-7,9-10,15-16,18,39H2,1-3H3,(H,42,44);4,6H,2-3,5H2,1H3;4H,2-3H2,1H3. The predicted octanol–water partition coefficient (Wildman–Crippen LogP) is 8.60. The molecule has 13 heteroatoms. The van der Waals surface area contributed by atoms with Gasteiger partial charge in [-0.1, -0.05) is 38.3 Å². The van der Waals surface area contributed by atoms with E-state index in [1.165, 1.54) is 12.8 Å². The maximum Gasteiger partial charge on any atom is 0.251 e. The lowest BCUT2D eigenvalue weighted by molar-refractivity contribution is -0.117. The van der Waals surface area contributed by atoms with Gasteiger partial charge in [0.1, 0.15) is 11.4 Å². The zero-order valence-corrected chi connectivity index (χ0v) is 33.6. The van der Waals surface area contributed by atoms with E-state index >= 15 is 0 Å². The maximum absolute atomic E-state index is 14.2. The van der Waals surface area contributed by atoms with Gasteiger partial charge in [0.2, 0.25) is 5.92 Å². The highest BCUT2D eigenvalue weighted by molar-refractivity contribution is 6.34. The molecule has 1 amide bonds. The summed E-state index contributed by atoms with van der Waals surface area (Å²) in [7, 11) is 0. The van der Waals surface area contributed by atoms with Gasteiger partial charge in [-0.25, -0.2) is 13.8 Å². The molecule has 0 aliphatic heterocycles. The fourth-order valence-electron chi connectivity index (χ4n) is 6.10. The van der Waals surface area contributed by atoms with Gasteiger partial charge in [-0.3, -0.25) is 19.2 Å². The first-order chi connectivity index (χ1) is 26.2. The highest BCUT2D eigenvalue weighted by atomic mass is 35.5. The Labute approximate surface area is 328 Å². The fourth-order valence-corrected chi connectivity index (χ4v) is 6.45. The van der Waals surface area contributed by atoms with Gasteiger partial charge < -0.3 is 26.6 Å². The largest absolute Gasteiger partial charge is 0.491 e. The number of carbonyl (C=O) groups is 1.